The average Bonchev–Trinajstić information content (AvgIpc) is 3.53. The molecule has 0 radical (unpaired) electrons. The van der Waals surface area contributed by atoms with E-state index in [-0.39, 0.29) is 34.9 Å². The quantitative estimate of drug-likeness (QED) is 0.0857. The van der Waals surface area contributed by atoms with E-state index in [0.29, 0.717) is 13.1 Å². The molecule has 0 aliphatic carbocycles. The number of ether oxygens (including phenoxy) is 2. The number of fused-ring (bicyclic) bond motifs is 6. The minimum absolute atomic E-state index is 0.285. The van der Waals surface area contributed by atoms with Crippen molar-refractivity contribution >= 4 is 50.6 Å². The van der Waals surface area contributed by atoms with Gasteiger partial charge in [0.05, 0.1) is 18.6 Å². The van der Waals surface area contributed by atoms with Gasteiger partial charge in [0.1, 0.15) is 0 Å². The highest BCUT2D eigenvalue weighted by Gasteiger charge is 2.48. The van der Waals surface area contributed by atoms with Gasteiger partial charge in [0, 0.05) is 51.9 Å². The minimum Gasteiger partial charge on any atom is -0.479 e. The van der Waals surface area contributed by atoms with E-state index in [1.807, 2.05) is 0 Å². The Kier molecular flexibility index (Phi) is 12.2. The summed E-state index contributed by atoms with van der Waals surface area (Å²) in [5.74, 6) is -1.96. The zero-order valence-electron chi connectivity index (χ0n) is 38.2. The van der Waals surface area contributed by atoms with Gasteiger partial charge in [-0.05, 0) is 86.9 Å². The molecule has 6 rings (SSSR count). The first kappa shape index (κ1) is 45.2. The molecule has 0 aromatic heterocycles. The van der Waals surface area contributed by atoms with Gasteiger partial charge in [-0.2, -0.15) is 4.58 Å². The lowest BCUT2D eigenvalue weighted by Crippen LogP contribution is -2.42. The number of carboxylic acid groups (broad SMARTS) is 2. The largest absolute Gasteiger partial charge is 0.479 e. The van der Waals surface area contributed by atoms with Crippen LogP contribution in [0, 0.1) is 10.8 Å². The Morgan fingerprint density at radius 3 is 1.74 bits per heavy atom. The number of nitrogens with zero attached hydrogens (tertiary/aromatic N) is 2. The highest BCUT2D eigenvalue weighted by atomic mass is 16.5. The van der Waals surface area contributed by atoms with Crippen molar-refractivity contribution in [3.63, 3.8) is 0 Å². The standard InChI is InChI=1S/C53H64N2O6/c1-48(2,34-60-52(9,10)46(56)57)32-54-40-30-28-36-22-18-20-24-38(36)44(40)50(5,6)42(54)26-16-14-13-15-17-27-43-51(7,8)45-39-25-21-19-23-37(39)29-31-41(45)55(43)33-49(3,4)35-61-53(11,12)47(58)59/h13-31H,32-35H2,1-12H3,(H-,56,57,58,59)/p+1. The second-order valence-electron chi connectivity index (χ2n) is 20.4. The van der Waals surface area contributed by atoms with Crippen LogP contribution in [0.3, 0.4) is 0 Å². The molecule has 8 nitrogen and oxygen atoms in total. The Balaban J connectivity index is 1.30. The lowest BCUT2D eigenvalue weighted by Gasteiger charge is -2.36. The second kappa shape index (κ2) is 16.5. The molecule has 0 saturated heterocycles. The van der Waals surface area contributed by atoms with Gasteiger partial charge in [0.2, 0.25) is 5.69 Å². The van der Waals surface area contributed by atoms with Crippen molar-refractivity contribution in [2.24, 2.45) is 10.8 Å². The predicted molar refractivity (Wildman–Crippen MR) is 249 cm³/mol. The van der Waals surface area contributed by atoms with Crippen molar-refractivity contribution in [3.05, 3.63) is 132 Å². The Morgan fingerprint density at radius 2 is 1.15 bits per heavy atom. The van der Waals surface area contributed by atoms with Gasteiger partial charge in [0.15, 0.2) is 23.5 Å². The molecular formula is C53H65N2O6+. The number of aliphatic carboxylic acids is 2. The van der Waals surface area contributed by atoms with E-state index in [9.17, 15) is 19.8 Å². The molecule has 61 heavy (non-hydrogen) atoms. The summed E-state index contributed by atoms with van der Waals surface area (Å²) in [7, 11) is 0. The summed E-state index contributed by atoms with van der Waals surface area (Å²) in [5.41, 5.74) is 3.26. The van der Waals surface area contributed by atoms with Crippen molar-refractivity contribution in [1.82, 2.24) is 0 Å². The van der Waals surface area contributed by atoms with E-state index in [2.05, 4.69) is 180 Å². The fourth-order valence-electron chi connectivity index (χ4n) is 8.72. The summed E-state index contributed by atoms with van der Waals surface area (Å²) in [4.78, 5) is 26.1. The second-order valence-corrected chi connectivity index (χ2v) is 20.4. The smallest absolute Gasteiger partial charge is 0.335 e. The maximum Gasteiger partial charge on any atom is 0.335 e. The van der Waals surface area contributed by atoms with E-state index < -0.39 is 23.1 Å². The highest BCUT2D eigenvalue weighted by Crippen LogP contribution is 2.52. The maximum absolute atomic E-state index is 11.9. The molecule has 2 heterocycles. The predicted octanol–water partition coefficient (Wildman–Crippen LogP) is 11.5. The molecule has 0 spiro atoms. The van der Waals surface area contributed by atoms with Crippen LogP contribution in [0.2, 0.25) is 0 Å². The van der Waals surface area contributed by atoms with Crippen LogP contribution in [0.4, 0.5) is 11.4 Å². The molecule has 8 heteroatoms. The topological polar surface area (TPSA) is 99.3 Å². The molecule has 0 saturated carbocycles. The molecule has 4 aromatic carbocycles. The number of carbonyl (C=O) groups is 2. The number of hydrogen-bond acceptors (Lipinski definition) is 5. The lowest BCUT2D eigenvalue weighted by atomic mass is 9.79. The number of benzene rings is 4. The number of rotatable bonds is 16. The average molecular weight is 826 g/mol. The third-order valence-electron chi connectivity index (χ3n) is 12.3. The summed E-state index contributed by atoms with van der Waals surface area (Å²) >= 11 is 0. The van der Waals surface area contributed by atoms with Gasteiger partial charge < -0.3 is 24.6 Å². The molecule has 2 aliphatic rings. The summed E-state index contributed by atoms with van der Waals surface area (Å²) in [6.45, 7) is 25.8. The van der Waals surface area contributed by atoms with Crippen LogP contribution in [0.1, 0.15) is 94.2 Å². The normalized spacial score (nSPS) is 17.5. The first-order valence-electron chi connectivity index (χ1n) is 21.3. The molecule has 0 fully saturated rings. The van der Waals surface area contributed by atoms with Crippen LogP contribution in [0.25, 0.3) is 21.5 Å². The Morgan fingerprint density at radius 1 is 0.639 bits per heavy atom. The van der Waals surface area contributed by atoms with E-state index in [1.165, 1.54) is 32.7 Å². The minimum atomic E-state index is -1.28. The Hall–Kier alpha value is -5.31. The molecule has 0 amide bonds. The van der Waals surface area contributed by atoms with Crippen molar-refractivity contribution in [2.75, 3.05) is 31.2 Å². The molecule has 322 valence electrons. The summed E-state index contributed by atoms with van der Waals surface area (Å²) in [5, 5.41) is 24.3. The van der Waals surface area contributed by atoms with Gasteiger partial charge in [-0.1, -0.05) is 127 Å². The zero-order chi connectivity index (χ0) is 44.8. The van der Waals surface area contributed by atoms with Crippen LogP contribution >= 0.6 is 0 Å². The van der Waals surface area contributed by atoms with Crippen LogP contribution in [0.15, 0.2) is 121 Å². The van der Waals surface area contributed by atoms with Crippen molar-refractivity contribution in [3.8, 4) is 0 Å². The first-order chi connectivity index (χ1) is 28.4. The number of hydrogen-bond donors (Lipinski definition) is 2. The molecule has 0 bridgehead atoms. The summed E-state index contributed by atoms with van der Waals surface area (Å²) < 4.78 is 14.4. The maximum atomic E-state index is 11.9. The monoisotopic (exact) mass is 825 g/mol. The van der Waals surface area contributed by atoms with Crippen LogP contribution in [0.5, 0.6) is 0 Å². The number of allylic oxidation sites excluding steroid dienone is 8. The van der Waals surface area contributed by atoms with E-state index in [4.69, 9.17) is 9.47 Å². The molecule has 0 atom stereocenters. The first-order valence-corrected chi connectivity index (χ1v) is 21.3. The van der Waals surface area contributed by atoms with Crippen LogP contribution < -0.4 is 4.90 Å². The van der Waals surface area contributed by atoms with Crippen LogP contribution in [-0.4, -0.2) is 69.9 Å². The number of carboxylic acids is 2. The fraction of sp³-hybridized carbons (Fsp3) is 0.415. The van der Waals surface area contributed by atoms with Crippen LogP contribution in [-0.2, 0) is 29.9 Å². The molecule has 0 unspecified atom stereocenters. The number of anilines is 1. The summed E-state index contributed by atoms with van der Waals surface area (Å²) in [6, 6.07) is 25.8. The molecule has 2 N–H and O–H groups in total. The van der Waals surface area contributed by atoms with E-state index >= 15 is 0 Å². The fourth-order valence-corrected chi connectivity index (χ4v) is 8.72. The van der Waals surface area contributed by atoms with Gasteiger partial charge in [-0.25, -0.2) is 9.59 Å². The third kappa shape index (κ3) is 9.17. The van der Waals surface area contributed by atoms with Crippen molar-refractivity contribution < 1.29 is 33.9 Å². The van der Waals surface area contributed by atoms with Crippen molar-refractivity contribution in [2.45, 2.75) is 105 Å². The van der Waals surface area contributed by atoms with E-state index in [1.54, 1.807) is 27.7 Å². The molecular weight excluding hydrogens is 761 g/mol. The van der Waals surface area contributed by atoms with Gasteiger partial charge in [-0.3, -0.25) is 0 Å². The van der Waals surface area contributed by atoms with Crippen molar-refractivity contribution in [1.29, 1.82) is 0 Å². The highest BCUT2D eigenvalue weighted by molar-refractivity contribution is 6.07. The zero-order valence-corrected chi connectivity index (χ0v) is 38.2. The van der Waals surface area contributed by atoms with Gasteiger partial charge >= 0.3 is 11.9 Å². The molecule has 2 aliphatic heterocycles. The Labute approximate surface area is 362 Å². The van der Waals surface area contributed by atoms with E-state index in [0.717, 1.165) is 22.8 Å². The van der Waals surface area contributed by atoms with Gasteiger partial charge in [-0.15, -0.1) is 0 Å². The summed E-state index contributed by atoms with van der Waals surface area (Å²) in [6.07, 6.45) is 14.8. The molecule has 4 aromatic rings. The SMILES string of the molecule is CC(C)(COC(C)(C)C(=O)O)CN1/C(=C/C=C/C=C/C=C/C2=[N+](CC(C)(C)COC(C)(C)C(=O)O)c3ccc4ccccc4c3C2(C)C)C(C)(C)c2c1ccc1ccccc21. The van der Waals surface area contributed by atoms with Gasteiger partial charge in [0.25, 0.3) is 0 Å². The third-order valence-corrected chi connectivity index (χ3v) is 12.3. The Bertz CT molecular complexity index is 2510. The lowest BCUT2D eigenvalue weighted by molar-refractivity contribution is -0.457.